The van der Waals surface area contributed by atoms with Gasteiger partial charge in [0.1, 0.15) is 13.2 Å². The second kappa shape index (κ2) is 5.63. The fraction of sp³-hybridized carbons (Fsp3) is 0.400. The molecule has 23 heavy (non-hydrogen) atoms. The molecule has 2 aromatic rings. The lowest BCUT2D eigenvalue weighted by molar-refractivity contribution is -0.121. The highest BCUT2D eigenvalue weighted by molar-refractivity contribution is 6.36. The maximum atomic E-state index is 12.9. The Morgan fingerprint density at radius 1 is 1.43 bits per heavy atom. The Labute approximate surface area is 134 Å². The molecule has 0 spiro atoms. The van der Waals surface area contributed by atoms with Crippen LogP contribution in [0.4, 0.5) is 18.9 Å². The molecule has 0 saturated carbocycles. The number of fused-ring (bicyclic) bond motifs is 3. The van der Waals surface area contributed by atoms with E-state index in [0.29, 0.717) is 23.0 Å². The second-order valence-electron chi connectivity index (χ2n) is 5.43. The first-order valence-electron chi connectivity index (χ1n) is 7.12. The number of aromatic amines is 1. The van der Waals surface area contributed by atoms with Crippen molar-refractivity contribution in [3.05, 3.63) is 33.6 Å². The molecule has 1 atom stereocenters. The van der Waals surface area contributed by atoms with Crippen LogP contribution in [0.1, 0.15) is 13.3 Å². The summed E-state index contributed by atoms with van der Waals surface area (Å²) >= 11 is 6.11. The number of halogens is 4. The number of benzene rings is 1. The number of anilines is 1. The van der Waals surface area contributed by atoms with Gasteiger partial charge in [-0.1, -0.05) is 18.5 Å². The third-order valence-corrected chi connectivity index (χ3v) is 4.18. The molecule has 1 aromatic heterocycles. The number of pyridine rings is 1. The van der Waals surface area contributed by atoms with Gasteiger partial charge in [-0.3, -0.25) is 4.79 Å². The summed E-state index contributed by atoms with van der Waals surface area (Å²) in [5.41, 5.74) is 0.391. The van der Waals surface area contributed by atoms with Crippen molar-refractivity contribution in [1.29, 1.82) is 0 Å². The summed E-state index contributed by atoms with van der Waals surface area (Å²) in [7, 11) is 0. The van der Waals surface area contributed by atoms with Crippen molar-refractivity contribution < 1.29 is 17.9 Å². The van der Waals surface area contributed by atoms with E-state index >= 15 is 0 Å². The Morgan fingerprint density at radius 3 is 2.83 bits per heavy atom. The lowest BCUT2D eigenvalue weighted by atomic mass is 10.1. The molecule has 0 aliphatic carbocycles. The third kappa shape index (κ3) is 2.97. The van der Waals surface area contributed by atoms with Crippen molar-refractivity contribution in [2.75, 3.05) is 18.1 Å². The van der Waals surface area contributed by atoms with Gasteiger partial charge in [-0.15, -0.1) is 0 Å². The SMILES string of the molecule is CCC1COc2c(ccc3[nH]c(=O)cc(Cl)c23)N1CC(F)(F)F. The number of nitrogens with one attached hydrogen (secondary N) is 1. The predicted molar refractivity (Wildman–Crippen MR) is 82.6 cm³/mol. The number of nitrogens with zero attached hydrogens (tertiary/aromatic N) is 1. The van der Waals surface area contributed by atoms with Crippen LogP contribution in [0.25, 0.3) is 10.9 Å². The monoisotopic (exact) mass is 346 g/mol. The van der Waals surface area contributed by atoms with Crippen LogP contribution in [-0.4, -0.2) is 30.4 Å². The van der Waals surface area contributed by atoms with Gasteiger partial charge < -0.3 is 14.6 Å². The first-order chi connectivity index (χ1) is 10.8. The summed E-state index contributed by atoms with van der Waals surface area (Å²) in [6.07, 6.45) is -3.81. The molecule has 8 heteroatoms. The molecule has 0 saturated heterocycles. The van der Waals surface area contributed by atoms with Crippen LogP contribution >= 0.6 is 11.6 Å². The van der Waals surface area contributed by atoms with Crippen LogP contribution in [0.5, 0.6) is 5.75 Å². The number of rotatable bonds is 2. The third-order valence-electron chi connectivity index (χ3n) is 3.88. The van der Waals surface area contributed by atoms with Crippen molar-refractivity contribution in [3.8, 4) is 5.75 Å². The molecule has 0 bridgehead atoms. The van der Waals surface area contributed by atoms with Crippen molar-refractivity contribution >= 4 is 28.2 Å². The van der Waals surface area contributed by atoms with Gasteiger partial charge in [0, 0.05) is 6.07 Å². The first-order valence-corrected chi connectivity index (χ1v) is 7.49. The second-order valence-corrected chi connectivity index (χ2v) is 5.84. The van der Waals surface area contributed by atoms with Crippen LogP contribution in [-0.2, 0) is 0 Å². The van der Waals surface area contributed by atoms with Crippen molar-refractivity contribution in [2.45, 2.75) is 25.6 Å². The van der Waals surface area contributed by atoms with Gasteiger partial charge in [-0.2, -0.15) is 13.2 Å². The summed E-state index contributed by atoms with van der Waals surface area (Å²) in [6.45, 7) is 0.885. The van der Waals surface area contributed by atoms with E-state index in [4.69, 9.17) is 16.3 Å². The first kappa shape index (κ1) is 16.0. The minimum absolute atomic E-state index is 0.133. The fourth-order valence-corrected chi connectivity index (χ4v) is 3.14. The van der Waals surface area contributed by atoms with Gasteiger partial charge in [-0.05, 0) is 18.6 Å². The molecular formula is C15H14ClF3N2O2. The fourth-order valence-electron chi connectivity index (χ4n) is 2.85. The molecule has 1 unspecified atom stereocenters. The smallest absolute Gasteiger partial charge is 0.405 e. The van der Waals surface area contributed by atoms with E-state index in [0.717, 1.165) is 0 Å². The molecule has 1 aromatic carbocycles. The normalized spacial score (nSPS) is 18.0. The largest absolute Gasteiger partial charge is 0.488 e. The maximum absolute atomic E-state index is 12.9. The van der Waals surface area contributed by atoms with Crippen LogP contribution in [0.2, 0.25) is 5.02 Å². The zero-order chi connectivity index (χ0) is 16.8. The van der Waals surface area contributed by atoms with Crippen molar-refractivity contribution in [2.24, 2.45) is 0 Å². The van der Waals surface area contributed by atoms with E-state index in [1.54, 1.807) is 6.07 Å². The highest BCUT2D eigenvalue weighted by Crippen LogP contribution is 2.43. The van der Waals surface area contributed by atoms with Gasteiger partial charge in [-0.25, -0.2) is 0 Å². The molecule has 0 fully saturated rings. The van der Waals surface area contributed by atoms with Crippen molar-refractivity contribution in [1.82, 2.24) is 4.98 Å². The number of aromatic nitrogens is 1. The number of H-pyrrole nitrogens is 1. The van der Waals surface area contributed by atoms with E-state index in [1.807, 2.05) is 6.92 Å². The van der Waals surface area contributed by atoms with E-state index in [-0.39, 0.29) is 29.0 Å². The zero-order valence-electron chi connectivity index (χ0n) is 12.2. The summed E-state index contributed by atoms with van der Waals surface area (Å²) in [4.78, 5) is 15.4. The molecule has 2 heterocycles. The summed E-state index contributed by atoms with van der Waals surface area (Å²) in [5, 5.41) is 0.577. The summed E-state index contributed by atoms with van der Waals surface area (Å²) in [6, 6.07) is 3.89. The van der Waals surface area contributed by atoms with Crippen LogP contribution in [0.3, 0.4) is 0 Å². The van der Waals surface area contributed by atoms with E-state index in [2.05, 4.69) is 4.98 Å². The Hall–Kier alpha value is -1.89. The molecule has 0 amide bonds. The van der Waals surface area contributed by atoms with E-state index < -0.39 is 12.7 Å². The van der Waals surface area contributed by atoms with Crippen LogP contribution in [0, 0.1) is 0 Å². The Morgan fingerprint density at radius 2 is 2.17 bits per heavy atom. The predicted octanol–water partition coefficient (Wildman–Crippen LogP) is 3.72. The number of alkyl halides is 3. The minimum atomic E-state index is -4.33. The molecule has 1 aliphatic rings. The quantitative estimate of drug-likeness (QED) is 0.901. The molecule has 3 rings (SSSR count). The topological polar surface area (TPSA) is 45.3 Å². The zero-order valence-corrected chi connectivity index (χ0v) is 13.0. The highest BCUT2D eigenvalue weighted by atomic mass is 35.5. The van der Waals surface area contributed by atoms with Crippen LogP contribution < -0.4 is 15.2 Å². The van der Waals surface area contributed by atoms with E-state index in [9.17, 15) is 18.0 Å². The molecule has 1 N–H and O–H groups in total. The number of hydrogen-bond acceptors (Lipinski definition) is 3. The van der Waals surface area contributed by atoms with Gasteiger partial charge in [0.05, 0.1) is 27.7 Å². The Kier molecular flexibility index (Phi) is 3.91. The van der Waals surface area contributed by atoms with Crippen LogP contribution in [0.15, 0.2) is 23.0 Å². The average Bonchev–Trinajstić information content (AvgIpc) is 2.45. The Bertz CT molecular complexity index is 804. The highest BCUT2D eigenvalue weighted by Gasteiger charge is 2.37. The molecule has 4 nitrogen and oxygen atoms in total. The summed E-state index contributed by atoms with van der Waals surface area (Å²) in [5.74, 6) is 0.276. The molecule has 1 aliphatic heterocycles. The van der Waals surface area contributed by atoms with Gasteiger partial charge in [0.2, 0.25) is 5.56 Å². The Balaban J connectivity index is 2.19. The van der Waals surface area contributed by atoms with Gasteiger partial charge >= 0.3 is 6.18 Å². The van der Waals surface area contributed by atoms with Gasteiger partial charge in [0.15, 0.2) is 5.75 Å². The van der Waals surface area contributed by atoms with Crippen molar-refractivity contribution in [3.63, 3.8) is 0 Å². The minimum Gasteiger partial charge on any atom is -0.488 e. The number of ether oxygens (including phenoxy) is 1. The lowest BCUT2D eigenvalue weighted by Crippen LogP contribution is -2.47. The summed E-state index contributed by atoms with van der Waals surface area (Å²) < 4.78 is 44.5. The lowest BCUT2D eigenvalue weighted by Gasteiger charge is -2.39. The maximum Gasteiger partial charge on any atom is 0.405 e. The average molecular weight is 347 g/mol. The molecule has 0 radical (unpaired) electrons. The van der Waals surface area contributed by atoms with Gasteiger partial charge in [0.25, 0.3) is 0 Å². The molecule has 124 valence electrons. The van der Waals surface area contributed by atoms with E-state index in [1.165, 1.54) is 17.0 Å². The number of hydrogen-bond donors (Lipinski definition) is 1. The standard InChI is InChI=1S/C15H14ClF3N2O2/c1-2-8-6-23-14-11(21(8)7-15(17,18)19)4-3-10-13(14)9(16)5-12(22)20-10/h3-5,8H,2,6-7H2,1H3,(H,20,22). The molecular weight excluding hydrogens is 333 g/mol.